The fourth-order valence-corrected chi connectivity index (χ4v) is 3.35. The highest BCUT2D eigenvalue weighted by Gasteiger charge is 2.19. The van der Waals surface area contributed by atoms with Gasteiger partial charge in [-0.15, -0.1) is 22.7 Å². The smallest absolute Gasteiger partial charge is 0.356 e. The highest BCUT2D eigenvalue weighted by molar-refractivity contribution is 7.21. The number of carboxylic acid groups (broad SMARTS) is 2. The molecular formula is C12H10N2O4S2. The van der Waals surface area contributed by atoms with Crippen molar-refractivity contribution in [3.63, 3.8) is 0 Å². The van der Waals surface area contributed by atoms with Gasteiger partial charge in [0.15, 0.2) is 21.4 Å². The Balaban J connectivity index is 2.49. The van der Waals surface area contributed by atoms with Crippen molar-refractivity contribution in [2.24, 2.45) is 0 Å². The molecule has 2 heterocycles. The zero-order valence-electron chi connectivity index (χ0n) is 10.6. The van der Waals surface area contributed by atoms with Crippen LogP contribution < -0.4 is 0 Å². The molecule has 0 aliphatic carbocycles. The van der Waals surface area contributed by atoms with Crippen LogP contribution in [-0.2, 0) is 0 Å². The Morgan fingerprint density at radius 1 is 1.15 bits per heavy atom. The van der Waals surface area contributed by atoms with Crippen LogP contribution in [0.4, 0.5) is 0 Å². The van der Waals surface area contributed by atoms with Crippen LogP contribution in [0.25, 0.3) is 16.1 Å². The maximum Gasteiger partial charge on any atom is 0.356 e. The molecule has 0 saturated heterocycles. The molecule has 6 nitrogen and oxygen atoms in total. The van der Waals surface area contributed by atoms with Gasteiger partial charge in [0.25, 0.3) is 0 Å². The van der Waals surface area contributed by atoms with Gasteiger partial charge in [-0.3, -0.25) is 0 Å². The Kier molecular flexibility index (Phi) is 3.96. The van der Waals surface area contributed by atoms with Gasteiger partial charge in [0.2, 0.25) is 0 Å². The summed E-state index contributed by atoms with van der Waals surface area (Å²) in [5, 5.41) is 20.2. The Labute approximate surface area is 122 Å². The Hall–Kier alpha value is -2.06. The van der Waals surface area contributed by atoms with E-state index in [9.17, 15) is 9.59 Å². The molecule has 0 aliphatic heterocycles. The predicted molar refractivity (Wildman–Crippen MR) is 76.5 cm³/mol. The molecule has 0 aromatic carbocycles. The SMILES string of the molecule is CC(C)=Cc1sc(-c2nc(C(=O)O)cs2)nc1C(=O)O. The molecule has 0 bridgehead atoms. The minimum atomic E-state index is -1.12. The van der Waals surface area contributed by atoms with Crippen LogP contribution in [0, 0.1) is 0 Å². The van der Waals surface area contributed by atoms with Crippen LogP contribution in [0.5, 0.6) is 0 Å². The molecule has 2 aromatic heterocycles. The molecule has 0 saturated carbocycles. The van der Waals surface area contributed by atoms with Crippen LogP contribution in [0.3, 0.4) is 0 Å². The molecule has 0 amide bonds. The van der Waals surface area contributed by atoms with Crippen molar-refractivity contribution in [3.05, 3.63) is 27.2 Å². The van der Waals surface area contributed by atoms with E-state index in [4.69, 9.17) is 10.2 Å². The first-order chi connectivity index (χ1) is 9.38. The van der Waals surface area contributed by atoms with Crippen LogP contribution in [0.2, 0.25) is 0 Å². The summed E-state index contributed by atoms with van der Waals surface area (Å²) in [7, 11) is 0. The second kappa shape index (κ2) is 5.51. The maximum atomic E-state index is 11.2. The molecular weight excluding hydrogens is 300 g/mol. The topological polar surface area (TPSA) is 100 Å². The number of thiazole rings is 2. The molecule has 2 aromatic rings. The molecule has 104 valence electrons. The van der Waals surface area contributed by atoms with Crippen molar-refractivity contribution in [3.8, 4) is 10.0 Å². The summed E-state index contributed by atoms with van der Waals surface area (Å²) in [4.78, 5) is 30.4. The highest BCUT2D eigenvalue weighted by atomic mass is 32.1. The first-order valence-corrected chi connectivity index (χ1v) is 7.16. The number of nitrogens with zero attached hydrogens (tertiary/aromatic N) is 2. The van der Waals surface area contributed by atoms with Gasteiger partial charge in [0.1, 0.15) is 0 Å². The molecule has 2 rings (SSSR count). The van der Waals surface area contributed by atoms with Crippen molar-refractivity contribution >= 4 is 40.7 Å². The van der Waals surface area contributed by atoms with Crippen molar-refractivity contribution in [2.45, 2.75) is 13.8 Å². The summed E-state index contributed by atoms with van der Waals surface area (Å²) < 4.78 is 0. The third-order valence-corrected chi connectivity index (χ3v) is 4.17. The van der Waals surface area contributed by atoms with E-state index < -0.39 is 11.9 Å². The summed E-state index contributed by atoms with van der Waals surface area (Å²) in [6, 6.07) is 0. The molecule has 20 heavy (non-hydrogen) atoms. The zero-order chi connectivity index (χ0) is 14.9. The Morgan fingerprint density at radius 2 is 1.85 bits per heavy atom. The molecule has 0 radical (unpaired) electrons. The lowest BCUT2D eigenvalue weighted by Crippen LogP contribution is -1.99. The number of rotatable bonds is 4. The van der Waals surface area contributed by atoms with E-state index in [2.05, 4.69) is 9.97 Å². The summed E-state index contributed by atoms with van der Waals surface area (Å²) in [5.74, 6) is -2.23. The Bertz CT molecular complexity index is 711. The summed E-state index contributed by atoms with van der Waals surface area (Å²) in [5.41, 5.74) is 0.840. The molecule has 0 spiro atoms. The minimum Gasteiger partial charge on any atom is -0.476 e. The first-order valence-electron chi connectivity index (χ1n) is 5.46. The first kappa shape index (κ1) is 14.4. The third-order valence-electron chi connectivity index (χ3n) is 2.18. The van der Waals surface area contributed by atoms with E-state index >= 15 is 0 Å². The minimum absolute atomic E-state index is 0.0433. The fraction of sp³-hybridized carbons (Fsp3) is 0.167. The number of aromatic nitrogens is 2. The molecule has 0 atom stereocenters. The normalized spacial score (nSPS) is 10.3. The number of hydrogen-bond acceptors (Lipinski definition) is 6. The molecule has 0 aliphatic rings. The van der Waals surface area contributed by atoms with E-state index in [0.717, 1.165) is 16.9 Å². The predicted octanol–water partition coefficient (Wildman–Crippen LogP) is 3.09. The van der Waals surface area contributed by atoms with E-state index in [0.29, 0.717) is 14.9 Å². The lowest BCUT2D eigenvalue weighted by Gasteiger charge is -1.90. The van der Waals surface area contributed by atoms with Crippen molar-refractivity contribution in [1.82, 2.24) is 9.97 Å². The fourth-order valence-electron chi connectivity index (χ4n) is 1.41. The monoisotopic (exact) mass is 310 g/mol. The van der Waals surface area contributed by atoms with Crippen molar-refractivity contribution < 1.29 is 19.8 Å². The second-order valence-corrected chi connectivity index (χ2v) is 5.99. The quantitative estimate of drug-likeness (QED) is 0.900. The molecule has 2 N–H and O–H groups in total. The number of carboxylic acids is 2. The lowest BCUT2D eigenvalue weighted by molar-refractivity contribution is 0.0680. The van der Waals surface area contributed by atoms with Crippen LogP contribution in [0.15, 0.2) is 11.0 Å². The summed E-state index contributed by atoms with van der Waals surface area (Å²) in [6.07, 6.45) is 1.73. The van der Waals surface area contributed by atoms with Gasteiger partial charge in [-0.2, -0.15) is 0 Å². The lowest BCUT2D eigenvalue weighted by atomic mass is 10.2. The second-order valence-electron chi connectivity index (χ2n) is 4.10. The summed E-state index contributed by atoms with van der Waals surface area (Å²) >= 11 is 2.31. The molecule has 0 fully saturated rings. The number of hydrogen-bond donors (Lipinski definition) is 2. The van der Waals surface area contributed by atoms with Crippen molar-refractivity contribution in [1.29, 1.82) is 0 Å². The average molecular weight is 310 g/mol. The largest absolute Gasteiger partial charge is 0.476 e. The van der Waals surface area contributed by atoms with E-state index in [1.807, 2.05) is 13.8 Å². The van der Waals surface area contributed by atoms with Crippen LogP contribution >= 0.6 is 22.7 Å². The zero-order valence-corrected chi connectivity index (χ0v) is 12.2. The van der Waals surface area contributed by atoms with Crippen LogP contribution in [-0.4, -0.2) is 32.1 Å². The molecule has 0 unspecified atom stereocenters. The van der Waals surface area contributed by atoms with E-state index in [-0.39, 0.29) is 11.4 Å². The highest BCUT2D eigenvalue weighted by Crippen LogP contribution is 2.31. The maximum absolute atomic E-state index is 11.2. The third kappa shape index (κ3) is 2.91. The van der Waals surface area contributed by atoms with Gasteiger partial charge in [-0.05, 0) is 19.9 Å². The molecule has 8 heteroatoms. The Morgan fingerprint density at radius 3 is 2.35 bits per heavy atom. The van der Waals surface area contributed by atoms with Gasteiger partial charge < -0.3 is 10.2 Å². The summed E-state index contributed by atoms with van der Waals surface area (Å²) in [6.45, 7) is 3.72. The number of aromatic carboxylic acids is 2. The van der Waals surface area contributed by atoms with E-state index in [1.54, 1.807) is 6.08 Å². The number of allylic oxidation sites excluding steroid dienone is 1. The standard InChI is InChI=1S/C12H10N2O4S2/c1-5(2)3-7-8(12(17)18)14-10(20-7)9-13-6(4-19-9)11(15)16/h3-4H,1-2H3,(H,15,16)(H,17,18). The number of carbonyl (C=O) groups is 2. The van der Waals surface area contributed by atoms with Gasteiger partial charge in [-0.25, -0.2) is 19.6 Å². The van der Waals surface area contributed by atoms with Gasteiger partial charge in [0, 0.05) is 5.38 Å². The van der Waals surface area contributed by atoms with Gasteiger partial charge in [-0.1, -0.05) is 5.57 Å². The van der Waals surface area contributed by atoms with Gasteiger partial charge in [0.05, 0.1) is 4.88 Å². The van der Waals surface area contributed by atoms with E-state index in [1.165, 1.54) is 16.7 Å². The van der Waals surface area contributed by atoms with Gasteiger partial charge >= 0.3 is 11.9 Å². The average Bonchev–Trinajstić information content (AvgIpc) is 2.93. The van der Waals surface area contributed by atoms with Crippen LogP contribution in [0.1, 0.15) is 39.7 Å². The van der Waals surface area contributed by atoms with Crippen molar-refractivity contribution in [2.75, 3.05) is 0 Å².